The van der Waals surface area contributed by atoms with Gasteiger partial charge < -0.3 is 13.8 Å². The van der Waals surface area contributed by atoms with Gasteiger partial charge in [0, 0.05) is 32.7 Å². The Morgan fingerprint density at radius 3 is 2.15 bits per heavy atom. The summed E-state index contributed by atoms with van der Waals surface area (Å²) in [7, 11) is 0. The average molecular weight is 349 g/mol. The molecule has 1 heteroatoms. The quantitative estimate of drug-likeness (QED) is 0.524. The van der Waals surface area contributed by atoms with Crippen molar-refractivity contribution in [3.63, 3.8) is 0 Å². The fraction of sp³-hybridized carbons (Fsp3) is 0.895. The molecule has 0 nitrogen and oxygen atoms in total. The van der Waals surface area contributed by atoms with E-state index < -0.39 is 0 Å². The second-order valence-electron chi connectivity index (χ2n) is 9.06. The van der Waals surface area contributed by atoms with Gasteiger partial charge in [-0.3, -0.25) is 0 Å². The first-order chi connectivity index (χ1) is 8.35. The maximum Gasteiger partial charge on any atom is 0 e. The van der Waals surface area contributed by atoms with Gasteiger partial charge in [-0.25, -0.2) is 0 Å². The summed E-state index contributed by atoms with van der Waals surface area (Å²) < 4.78 is 0. The molecule has 4 saturated carbocycles. The van der Waals surface area contributed by atoms with Crippen molar-refractivity contribution in [1.82, 2.24) is 0 Å². The van der Waals surface area contributed by atoms with Crippen molar-refractivity contribution in [3.8, 4) is 0 Å². The molecule has 1 radical (unpaired) electrons. The molecule has 20 heavy (non-hydrogen) atoms. The molecule has 0 amide bonds. The van der Waals surface area contributed by atoms with E-state index in [4.69, 9.17) is 0 Å². The fourth-order valence-corrected chi connectivity index (χ4v) is 6.86. The Morgan fingerprint density at radius 2 is 1.50 bits per heavy atom. The Labute approximate surface area is 152 Å². The van der Waals surface area contributed by atoms with Crippen molar-refractivity contribution in [3.05, 3.63) is 13.8 Å². The molecule has 4 aliphatic carbocycles. The van der Waals surface area contributed by atoms with Crippen LogP contribution in [0.1, 0.15) is 53.9 Å². The Hall–Kier alpha value is 1.10. The summed E-state index contributed by atoms with van der Waals surface area (Å²) in [4.78, 5) is 0. The van der Waals surface area contributed by atoms with Gasteiger partial charge in [-0.2, -0.15) is 12.3 Å². The number of fused-ring (bicyclic) bond motifs is 7. The van der Waals surface area contributed by atoms with Crippen LogP contribution in [0.4, 0.5) is 0 Å². The van der Waals surface area contributed by atoms with Crippen molar-refractivity contribution < 1.29 is 32.7 Å². The van der Waals surface area contributed by atoms with Crippen LogP contribution in [0.3, 0.4) is 0 Å². The second kappa shape index (κ2) is 5.05. The molecule has 0 aromatic rings. The molecule has 4 fully saturated rings. The smallest absolute Gasteiger partial charge is 0 e. The largest absolute Gasteiger partial charge is 0.358 e. The molecular formula is C19H32Y-2. The summed E-state index contributed by atoms with van der Waals surface area (Å²) in [6.45, 7) is 12.8. The van der Waals surface area contributed by atoms with Gasteiger partial charge in [0.25, 0.3) is 0 Å². The predicted molar refractivity (Wildman–Crippen MR) is 82.2 cm³/mol. The SMILES string of the molecule is CC1C[CH-]C2C1CC1C2C2CC1C(C)(C)C2(C)C.[CH3-].[Y]. The summed E-state index contributed by atoms with van der Waals surface area (Å²) in [5, 5.41) is 0. The Balaban J connectivity index is 0.000000735. The van der Waals surface area contributed by atoms with Gasteiger partial charge in [0.2, 0.25) is 0 Å². The summed E-state index contributed by atoms with van der Waals surface area (Å²) in [6, 6.07) is 0. The maximum atomic E-state index is 2.73. The summed E-state index contributed by atoms with van der Waals surface area (Å²) in [6.07, 6.45) is 7.23. The Kier molecular flexibility index (Phi) is 4.41. The fourth-order valence-electron chi connectivity index (χ4n) is 6.86. The van der Waals surface area contributed by atoms with E-state index in [1.807, 2.05) is 0 Å². The van der Waals surface area contributed by atoms with E-state index in [2.05, 4.69) is 41.0 Å². The van der Waals surface area contributed by atoms with Crippen LogP contribution in [0.2, 0.25) is 0 Å². The zero-order chi connectivity index (χ0) is 12.9. The van der Waals surface area contributed by atoms with Crippen LogP contribution in [0, 0.1) is 66.1 Å². The molecule has 113 valence electrons. The average Bonchev–Trinajstić information content (AvgIpc) is 2.91. The molecule has 4 aliphatic rings. The van der Waals surface area contributed by atoms with Gasteiger partial charge in [0.05, 0.1) is 0 Å². The molecule has 0 N–H and O–H groups in total. The molecule has 0 spiro atoms. The van der Waals surface area contributed by atoms with Crippen LogP contribution in [0.25, 0.3) is 0 Å². The zero-order valence-electron chi connectivity index (χ0n) is 14.3. The monoisotopic (exact) mass is 349 g/mol. The van der Waals surface area contributed by atoms with E-state index in [9.17, 15) is 0 Å². The van der Waals surface area contributed by atoms with Gasteiger partial charge in [-0.15, -0.1) is 0 Å². The standard InChI is InChI=1S/C18H29.CH3.Y/c1-10-6-7-11-12(10)8-13-14-9-15(16(11)13)18(4,5)17(14,2)3;;/h7,10-16H,6,8-9H2,1-5H3;1H3;/q2*-1;. The van der Waals surface area contributed by atoms with Crippen molar-refractivity contribution in [2.75, 3.05) is 0 Å². The molecule has 7 atom stereocenters. The van der Waals surface area contributed by atoms with Gasteiger partial charge in [0.1, 0.15) is 0 Å². The summed E-state index contributed by atoms with van der Waals surface area (Å²) in [5.74, 6) is 7.20. The molecule has 0 aliphatic heterocycles. The van der Waals surface area contributed by atoms with Crippen LogP contribution in [-0.4, -0.2) is 0 Å². The first-order valence-electron chi connectivity index (χ1n) is 8.19. The topological polar surface area (TPSA) is 0 Å². The third kappa shape index (κ3) is 1.79. The van der Waals surface area contributed by atoms with Crippen molar-refractivity contribution in [2.24, 2.45) is 52.3 Å². The molecule has 2 bridgehead atoms. The molecule has 0 aromatic carbocycles. The van der Waals surface area contributed by atoms with Crippen molar-refractivity contribution in [2.45, 2.75) is 53.9 Å². The summed E-state index contributed by atoms with van der Waals surface area (Å²) in [5.41, 5.74) is 1.13. The van der Waals surface area contributed by atoms with E-state index in [0.29, 0.717) is 10.8 Å². The molecule has 4 rings (SSSR count). The van der Waals surface area contributed by atoms with E-state index in [0.717, 1.165) is 41.4 Å². The van der Waals surface area contributed by atoms with E-state index in [1.165, 1.54) is 6.42 Å². The van der Waals surface area contributed by atoms with Gasteiger partial charge >= 0.3 is 0 Å². The molecular weight excluding hydrogens is 317 g/mol. The molecule has 7 unspecified atom stereocenters. The first kappa shape index (κ1) is 17.5. The van der Waals surface area contributed by atoms with E-state index >= 15 is 0 Å². The second-order valence-corrected chi connectivity index (χ2v) is 9.06. The van der Waals surface area contributed by atoms with Crippen molar-refractivity contribution in [1.29, 1.82) is 0 Å². The zero-order valence-corrected chi connectivity index (χ0v) is 17.2. The minimum Gasteiger partial charge on any atom is -0.358 e. The predicted octanol–water partition coefficient (Wildman–Crippen LogP) is 5.25. The maximum absolute atomic E-state index is 2.73. The van der Waals surface area contributed by atoms with Crippen LogP contribution in [0.15, 0.2) is 0 Å². The molecule has 0 saturated heterocycles. The van der Waals surface area contributed by atoms with Crippen LogP contribution < -0.4 is 0 Å². The molecule has 0 aromatic heterocycles. The van der Waals surface area contributed by atoms with Gasteiger partial charge in [-0.1, -0.05) is 52.4 Å². The number of rotatable bonds is 0. The van der Waals surface area contributed by atoms with E-state index in [1.54, 1.807) is 12.8 Å². The summed E-state index contributed by atoms with van der Waals surface area (Å²) >= 11 is 0. The minimum absolute atomic E-state index is 0. The van der Waals surface area contributed by atoms with Crippen LogP contribution in [0.5, 0.6) is 0 Å². The van der Waals surface area contributed by atoms with Gasteiger partial charge in [0.15, 0.2) is 0 Å². The van der Waals surface area contributed by atoms with Crippen LogP contribution >= 0.6 is 0 Å². The Morgan fingerprint density at radius 1 is 0.900 bits per heavy atom. The Bertz CT molecular complexity index is 383. The number of hydrogen-bond donors (Lipinski definition) is 0. The third-order valence-electron chi connectivity index (χ3n) is 8.49. The third-order valence-corrected chi connectivity index (χ3v) is 8.49. The van der Waals surface area contributed by atoms with E-state index in [-0.39, 0.29) is 40.1 Å². The number of hydrogen-bond acceptors (Lipinski definition) is 0. The van der Waals surface area contributed by atoms with Crippen molar-refractivity contribution >= 4 is 0 Å². The van der Waals surface area contributed by atoms with Crippen LogP contribution in [-0.2, 0) is 32.7 Å². The molecule has 0 heterocycles. The normalized spacial score (nSPS) is 53.0. The minimum atomic E-state index is 0. The van der Waals surface area contributed by atoms with Gasteiger partial charge in [-0.05, 0) is 41.4 Å². The first-order valence-corrected chi connectivity index (χ1v) is 8.19.